The highest BCUT2D eigenvalue weighted by Crippen LogP contribution is 2.45. The summed E-state index contributed by atoms with van der Waals surface area (Å²) in [6.07, 6.45) is 50.0. The summed E-state index contributed by atoms with van der Waals surface area (Å²) in [6.45, 7) is 14.2. The zero-order valence-corrected chi connectivity index (χ0v) is 64.1. The highest BCUT2D eigenvalue weighted by molar-refractivity contribution is 7.47. The predicted octanol–water partition coefficient (Wildman–Crippen LogP) is 22.0. The van der Waals surface area contributed by atoms with E-state index in [1.807, 2.05) is 0 Å². The third-order valence-corrected chi connectivity index (χ3v) is 19.8. The van der Waals surface area contributed by atoms with Crippen LogP contribution in [0.15, 0.2) is 0 Å². The Kier molecular flexibility index (Phi) is 64.0. The zero-order valence-electron chi connectivity index (χ0n) is 62.3. The molecular formula is C76H148O17P2. The van der Waals surface area contributed by atoms with Crippen LogP contribution in [-0.2, 0) is 65.4 Å². The maximum absolute atomic E-state index is 13.1. The Morgan fingerprint density at radius 3 is 0.747 bits per heavy atom. The standard InChI is InChI=1S/C76H148O17P2/c1-9-69(8)55-47-39-31-25-26-32-40-48-56-73(78)86-62-71(92-76(81)59-51-43-34-24-20-16-18-22-29-37-45-53-67(4)5)64-90-94(82,83)88-60-70(77)61-89-95(84,85)91-65-72(63-87-74(79)57-49-41-35-27-30-38-46-54-68(6)7)93-75(80)58-50-42-33-23-19-15-13-11-10-12-14-17-21-28-36-44-52-66(2)3/h66-72,77H,9-65H2,1-8H3,(H,82,83)(H,84,85)/t69?,70?,71-,72-/m1/s1. The molecule has 0 aliphatic carbocycles. The van der Waals surface area contributed by atoms with E-state index < -0.39 is 97.5 Å². The van der Waals surface area contributed by atoms with Gasteiger partial charge in [-0.1, -0.05) is 331 Å². The summed E-state index contributed by atoms with van der Waals surface area (Å²) in [4.78, 5) is 72.8. The van der Waals surface area contributed by atoms with Crippen LogP contribution in [0.3, 0.4) is 0 Å². The van der Waals surface area contributed by atoms with E-state index >= 15 is 0 Å². The molecule has 3 N–H and O–H groups in total. The number of aliphatic hydroxyl groups is 1. The van der Waals surface area contributed by atoms with Gasteiger partial charge in [-0.25, -0.2) is 9.13 Å². The van der Waals surface area contributed by atoms with E-state index in [4.69, 9.17) is 37.0 Å². The molecule has 0 heterocycles. The van der Waals surface area contributed by atoms with Crippen LogP contribution in [0, 0.1) is 23.7 Å². The first-order valence-corrected chi connectivity index (χ1v) is 42.2. The summed E-state index contributed by atoms with van der Waals surface area (Å²) >= 11 is 0. The number of ether oxygens (including phenoxy) is 4. The van der Waals surface area contributed by atoms with Crippen molar-refractivity contribution in [3.63, 3.8) is 0 Å². The minimum atomic E-state index is -4.96. The Labute approximate surface area is 581 Å². The van der Waals surface area contributed by atoms with Crippen LogP contribution in [0.5, 0.6) is 0 Å². The number of aliphatic hydroxyl groups excluding tert-OH is 1. The fourth-order valence-electron chi connectivity index (χ4n) is 11.5. The van der Waals surface area contributed by atoms with Crippen molar-refractivity contribution < 1.29 is 80.2 Å². The molecule has 0 aromatic carbocycles. The Hall–Kier alpha value is -1.94. The van der Waals surface area contributed by atoms with Crippen molar-refractivity contribution >= 4 is 39.5 Å². The molecule has 0 saturated heterocycles. The number of esters is 4. The van der Waals surface area contributed by atoms with Gasteiger partial charge >= 0.3 is 39.5 Å². The van der Waals surface area contributed by atoms with Crippen LogP contribution in [0.25, 0.3) is 0 Å². The van der Waals surface area contributed by atoms with Gasteiger partial charge in [-0.2, -0.15) is 0 Å². The number of carbonyl (C=O) groups is 4. The first-order chi connectivity index (χ1) is 45.6. The van der Waals surface area contributed by atoms with Gasteiger partial charge in [-0.3, -0.25) is 37.3 Å². The monoisotopic (exact) mass is 1400 g/mol. The molecule has 95 heavy (non-hydrogen) atoms. The quantitative estimate of drug-likeness (QED) is 0.0222. The van der Waals surface area contributed by atoms with Gasteiger partial charge in [-0.05, 0) is 49.4 Å². The maximum Gasteiger partial charge on any atom is 0.472 e. The van der Waals surface area contributed by atoms with Crippen LogP contribution >= 0.6 is 15.6 Å². The van der Waals surface area contributed by atoms with E-state index in [-0.39, 0.29) is 25.7 Å². The molecule has 6 atom stereocenters. The highest BCUT2D eigenvalue weighted by Gasteiger charge is 2.30. The van der Waals surface area contributed by atoms with Crippen LogP contribution in [0.4, 0.5) is 0 Å². The van der Waals surface area contributed by atoms with Crippen molar-refractivity contribution in [1.82, 2.24) is 0 Å². The number of phosphoric acid groups is 2. The summed E-state index contributed by atoms with van der Waals surface area (Å²) in [5.41, 5.74) is 0. The van der Waals surface area contributed by atoms with Gasteiger partial charge in [-0.15, -0.1) is 0 Å². The van der Waals surface area contributed by atoms with E-state index in [2.05, 4.69) is 55.4 Å². The zero-order chi connectivity index (χ0) is 70.3. The number of hydrogen-bond acceptors (Lipinski definition) is 15. The molecule has 564 valence electrons. The second-order valence-electron chi connectivity index (χ2n) is 29.1. The number of rotatable bonds is 73. The molecule has 19 heteroatoms. The van der Waals surface area contributed by atoms with Gasteiger partial charge in [0.2, 0.25) is 0 Å². The van der Waals surface area contributed by atoms with Crippen molar-refractivity contribution in [2.24, 2.45) is 23.7 Å². The van der Waals surface area contributed by atoms with E-state index in [0.717, 1.165) is 114 Å². The lowest BCUT2D eigenvalue weighted by molar-refractivity contribution is -0.161. The normalized spacial score (nSPS) is 14.4. The summed E-state index contributed by atoms with van der Waals surface area (Å²) < 4.78 is 68.5. The Bertz CT molecular complexity index is 1870. The number of unbranched alkanes of at least 4 members (excludes halogenated alkanes) is 38. The summed E-state index contributed by atoms with van der Waals surface area (Å²) in [5.74, 6) is 0.935. The molecule has 0 aliphatic heterocycles. The summed E-state index contributed by atoms with van der Waals surface area (Å²) in [6, 6.07) is 0. The SMILES string of the molecule is CCC(C)CCCCCCCCCCC(=O)OC[C@H](COP(=O)(O)OCC(O)COP(=O)(O)OC[C@@H](COC(=O)CCCCCCCCCC(C)C)OC(=O)CCCCCCCCCCCCCCCCCCC(C)C)OC(=O)CCCCCCCCCCCCCC(C)C. The Balaban J connectivity index is 5.23. The first-order valence-electron chi connectivity index (χ1n) is 39.2. The number of phosphoric ester groups is 2. The van der Waals surface area contributed by atoms with E-state index in [1.54, 1.807) is 0 Å². The second-order valence-corrected chi connectivity index (χ2v) is 32.0. The van der Waals surface area contributed by atoms with Crippen LogP contribution in [-0.4, -0.2) is 96.7 Å². The molecule has 0 fully saturated rings. The van der Waals surface area contributed by atoms with Crippen molar-refractivity contribution in [2.45, 2.75) is 401 Å². The Morgan fingerprint density at radius 2 is 0.505 bits per heavy atom. The average molecular weight is 1400 g/mol. The molecule has 0 rings (SSSR count). The number of carbonyl (C=O) groups excluding carboxylic acids is 4. The van der Waals surface area contributed by atoms with Crippen molar-refractivity contribution in [3.8, 4) is 0 Å². The minimum Gasteiger partial charge on any atom is -0.462 e. The summed E-state index contributed by atoms with van der Waals surface area (Å²) in [5, 5.41) is 10.6. The molecule has 0 spiro atoms. The van der Waals surface area contributed by atoms with Gasteiger partial charge in [0.25, 0.3) is 0 Å². The minimum absolute atomic E-state index is 0.106. The lowest BCUT2D eigenvalue weighted by atomic mass is 9.99. The molecule has 4 unspecified atom stereocenters. The Morgan fingerprint density at radius 1 is 0.295 bits per heavy atom. The molecule has 17 nitrogen and oxygen atoms in total. The van der Waals surface area contributed by atoms with Crippen LogP contribution in [0.1, 0.15) is 383 Å². The summed E-state index contributed by atoms with van der Waals surface area (Å²) in [7, 11) is -9.91. The maximum atomic E-state index is 13.1. The van der Waals surface area contributed by atoms with E-state index in [1.165, 1.54) is 180 Å². The molecule has 0 aromatic heterocycles. The fourth-order valence-corrected chi connectivity index (χ4v) is 13.1. The van der Waals surface area contributed by atoms with E-state index in [0.29, 0.717) is 31.6 Å². The lowest BCUT2D eigenvalue weighted by Crippen LogP contribution is -2.30. The van der Waals surface area contributed by atoms with Crippen LogP contribution < -0.4 is 0 Å². The van der Waals surface area contributed by atoms with Crippen molar-refractivity contribution in [1.29, 1.82) is 0 Å². The smallest absolute Gasteiger partial charge is 0.462 e. The third-order valence-electron chi connectivity index (χ3n) is 17.9. The fraction of sp³-hybridized carbons (Fsp3) is 0.947. The molecule has 0 radical (unpaired) electrons. The van der Waals surface area contributed by atoms with Gasteiger partial charge in [0.05, 0.1) is 26.4 Å². The lowest BCUT2D eigenvalue weighted by Gasteiger charge is -2.21. The van der Waals surface area contributed by atoms with Gasteiger partial charge in [0.15, 0.2) is 12.2 Å². The second kappa shape index (κ2) is 65.4. The molecule has 0 bridgehead atoms. The molecule has 0 saturated carbocycles. The topological polar surface area (TPSA) is 237 Å². The predicted molar refractivity (Wildman–Crippen MR) is 386 cm³/mol. The van der Waals surface area contributed by atoms with Gasteiger partial charge in [0.1, 0.15) is 19.3 Å². The van der Waals surface area contributed by atoms with Gasteiger partial charge in [0, 0.05) is 25.7 Å². The van der Waals surface area contributed by atoms with Crippen molar-refractivity contribution in [2.75, 3.05) is 39.6 Å². The highest BCUT2D eigenvalue weighted by atomic mass is 31.2. The molecule has 0 aromatic rings. The van der Waals surface area contributed by atoms with E-state index in [9.17, 15) is 43.2 Å². The first kappa shape index (κ1) is 93.1. The van der Waals surface area contributed by atoms with Crippen molar-refractivity contribution in [3.05, 3.63) is 0 Å². The third kappa shape index (κ3) is 69.0. The number of hydrogen-bond donors (Lipinski definition) is 3. The van der Waals surface area contributed by atoms with Crippen LogP contribution in [0.2, 0.25) is 0 Å². The average Bonchev–Trinajstić information content (AvgIpc) is 1.47. The molecule has 0 aliphatic rings. The largest absolute Gasteiger partial charge is 0.472 e. The molecular weight excluding hydrogens is 1250 g/mol. The van der Waals surface area contributed by atoms with Gasteiger partial charge < -0.3 is 33.8 Å². The molecule has 0 amide bonds.